The molecule has 2 rings (SSSR count). The Bertz CT molecular complexity index is 593. The Morgan fingerprint density at radius 2 is 1.84 bits per heavy atom. The fourth-order valence-electron chi connectivity index (χ4n) is 1.83. The lowest BCUT2D eigenvalue weighted by Gasteiger charge is -2.12. The van der Waals surface area contributed by atoms with Gasteiger partial charge in [-0.05, 0) is 19.9 Å². The van der Waals surface area contributed by atoms with Crippen molar-refractivity contribution in [3.8, 4) is 0 Å². The molecular formula is C13H18N2O3P+. The average molecular weight is 281 g/mol. The molecule has 0 amide bonds. The van der Waals surface area contributed by atoms with E-state index >= 15 is 0 Å². The third-order valence-corrected chi connectivity index (χ3v) is 4.51. The van der Waals surface area contributed by atoms with Crippen molar-refractivity contribution in [3.63, 3.8) is 0 Å². The molecule has 5 nitrogen and oxygen atoms in total. The molecule has 0 spiro atoms. The molecule has 2 aromatic rings. The summed E-state index contributed by atoms with van der Waals surface area (Å²) >= 11 is 0. The van der Waals surface area contributed by atoms with E-state index in [9.17, 15) is 4.57 Å². The van der Waals surface area contributed by atoms with Crippen LogP contribution in [0.3, 0.4) is 0 Å². The third-order valence-electron chi connectivity index (χ3n) is 2.57. The van der Waals surface area contributed by atoms with Gasteiger partial charge in [-0.1, -0.05) is 22.9 Å². The van der Waals surface area contributed by atoms with E-state index in [1.165, 1.54) is 0 Å². The van der Waals surface area contributed by atoms with E-state index in [2.05, 4.69) is 5.10 Å². The summed E-state index contributed by atoms with van der Waals surface area (Å²) in [4.78, 5) is 0. The second-order valence-electron chi connectivity index (χ2n) is 4.00. The zero-order valence-corrected chi connectivity index (χ0v) is 12.0. The molecule has 0 unspecified atom stereocenters. The Morgan fingerprint density at radius 3 is 2.53 bits per heavy atom. The van der Waals surface area contributed by atoms with Crippen LogP contribution in [0.5, 0.6) is 0 Å². The first-order valence-corrected chi connectivity index (χ1v) is 8.03. The molecule has 0 aliphatic rings. The van der Waals surface area contributed by atoms with Crippen LogP contribution in [0.1, 0.15) is 13.8 Å². The van der Waals surface area contributed by atoms with Crippen molar-refractivity contribution in [2.45, 2.75) is 20.1 Å². The molecule has 6 heteroatoms. The van der Waals surface area contributed by atoms with Gasteiger partial charge in [0.15, 0.2) is 6.20 Å². The summed E-state index contributed by atoms with van der Waals surface area (Å²) in [5.41, 5.74) is 0.851. The molecule has 0 N–H and O–H groups in total. The zero-order chi connectivity index (χ0) is 13.7. The Balaban J connectivity index is 2.26. The summed E-state index contributed by atoms with van der Waals surface area (Å²) in [6.45, 7) is 4.30. The van der Waals surface area contributed by atoms with Crippen molar-refractivity contribution in [2.24, 2.45) is 0 Å². The van der Waals surface area contributed by atoms with Gasteiger partial charge in [0.2, 0.25) is 0 Å². The van der Waals surface area contributed by atoms with Gasteiger partial charge in [0.05, 0.1) is 13.2 Å². The normalized spacial score (nSPS) is 11.9. The number of rotatable bonds is 6. The van der Waals surface area contributed by atoms with Gasteiger partial charge in [-0.25, -0.2) is 0 Å². The molecule has 0 fully saturated rings. The fourth-order valence-corrected chi connectivity index (χ4v) is 3.36. The third kappa shape index (κ3) is 3.60. The van der Waals surface area contributed by atoms with Gasteiger partial charge in [-0.3, -0.25) is 4.57 Å². The van der Waals surface area contributed by atoms with Crippen molar-refractivity contribution in [1.29, 1.82) is 0 Å². The second kappa shape index (κ2) is 6.24. The predicted molar refractivity (Wildman–Crippen MR) is 72.8 cm³/mol. The summed E-state index contributed by atoms with van der Waals surface area (Å²) in [6, 6.07) is 9.71. The van der Waals surface area contributed by atoms with Gasteiger partial charge in [0.1, 0.15) is 5.52 Å². The van der Waals surface area contributed by atoms with E-state index in [1.54, 1.807) is 24.7 Å². The van der Waals surface area contributed by atoms with Gasteiger partial charge in [-0.15, -0.1) is 0 Å². The summed E-state index contributed by atoms with van der Waals surface area (Å²) < 4.78 is 24.5. The molecule has 0 atom stereocenters. The molecule has 1 aromatic heterocycles. The number of benzene rings is 1. The Morgan fingerprint density at radius 1 is 1.16 bits per heavy atom. The van der Waals surface area contributed by atoms with Crippen LogP contribution in [0.15, 0.2) is 36.5 Å². The molecule has 0 aliphatic carbocycles. The topological polar surface area (TPSA) is 52.3 Å². The van der Waals surface area contributed by atoms with Gasteiger partial charge in [0, 0.05) is 16.6 Å². The van der Waals surface area contributed by atoms with E-state index in [0.717, 1.165) is 10.9 Å². The van der Waals surface area contributed by atoms with E-state index < -0.39 is 7.60 Å². The van der Waals surface area contributed by atoms with Crippen LogP contribution in [-0.2, 0) is 19.9 Å². The Kier molecular flexibility index (Phi) is 4.64. The molecule has 1 aromatic carbocycles. The first-order valence-electron chi connectivity index (χ1n) is 6.30. The van der Waals surface area contributed by atoms with Crippen molar-refractivity contribution in [1.82, 2.24) is 5.10 Å². The maximum Gasteiger partial charge on any atom is 0.397 e. The average Bonchev–Trinajstić information content (AvgIpc) is 2.39. The summed E-state index contributed by atoms with van der Waals surface area (Å²) in [5.74, 6) is 0. The first kappa shape index (κ1) is 14.1. The van der Waals surface area contributed by atoms with Crippen LogP contribution in [0.2, 0.25) is 0 Å². The molecule has 0 saturated carbocycles. The van der Waals surface area contributed by atoms with E-state index in [0.29, 0.717) is 13.2 Å². The molecule has 1 heterocycles. The smallest absolute Gasteiger partial charge is 0.304 e. The van der Waals surface area contributed by atoms with Crippen LogP contribution in [0.25, 0.3) is 10.9 Å². The molecule has 0 aliphatic heterocycles. The van der Waals surface area contributed by atoms with E-state index in [1.807, 2.05) is 30.3 Å². The van der Waals surface area contributed by atoms with E-state index in [-0.39, 0.29) is 6.29 Å². The van der Waals surface area contributed by atoms with Crippen LogP contribution < -0.4 is 4.68 Å². The largest absolute Gasteiger partial charge is 0.397 e. The highest BCUT2D eigenvalue weighted by Crippen LogP contribution is 2.47. The molecule has 102 valence electrons. The first-order chi connectivity index (χ1) is 9.17. The van der Waals surface area contributed by atoms with Crippen LogP contribution >= 0.6 is 7.60 Å². The maximum atomic E-state index is 12.4. The maximum absolute atomic E-state index is 12.4. The molecule has 0 radical (unpaired) electrons. The number of nitrogens with zero attached hydrogens (tertiary/aromatic N) is 2. The zero-order valence-electron chi connectivity index (χ0n) is 11.2. The van der Waals surface area contributed by atoms with Crippen molar-refractivity contribution in [3.05, 3.63) is 36.5 Å². The van der Waals surface area contributed by atoms with Crippen LogP contribution in [0, 0.1) is 0 Å². The van der Waals surface area contributed by atoms with Gasteiger partial charge in [-0.2, -0.15) is 0 Å². The monoisotopic (exact) mass is 281 g/mol. The number of fused-ring (bicyclic) bond motifs is 1. The molecule has 19 heavy (non-hydrogen) atoms. The standard InChI is InChI=1S/C13H18N2O3P/c1-3-17-19(16,18-4-2)11-15-10-9-12-7-5-6-8-13(12)14-15/h5-10H,3-4,11H2,1-2H3/q+1. The molecule has 0 bridgehead atoms. The summed E-state index contributed by atoms with van der Waals surface area (Å²) in [6.07, 6.45) is 1.91. The lowest BCUT2D eigenvalue weighted by Crippen LogP contribution is -2.38. The highest BCUT2D eigenvalue weighted by molar-refractivity contribution is 7.52. The summed E-state index contributed by atoms with van der Waals surface area (Å²) in [5, 5.41) is 5.45. The highest BCUT2D eigenvalue weighted by atomic mass is 31.2. The minimum absolute atomic E-state index is 0.125. The van der Waals surface area contributed by atoms with Crippen LogP contribution in [-0.4, -0.2) is 18.3 Å². The number of hydrogen-bond acceptors (Lipinski definition) is 4. The SMILES string of the molecule is CCOP(=O)(C[n+]1ccc2ccccc2n1)OCC. The fraction of sp³-hybridized carbons (Fsp3) is 0.385. The van der Waals surface area contributed by atoms with E-state index in [4.69, 9.17) is 9.05 Å². The van der Waals surface area contributed by atoms with Gasteiger partial charge >= 0.3 is 7.60 Å². The lowest BCUT2D eigenvalue weighted by molar-refractivity contribution is -0.736. The van der Waals surface area contributed by atoms with Gasteiger partial charge in [0.25, 0.3) is 6.29 Å². The number of hydrogen-bond donors (Lipinski definition) is 0. The van der Waals surface area contributed by atoms with Crippen molar-refractivity contribution < 1.29 is 18.3 Å². The quantitative estimate of drug-likeness (QED) is 0.603. The molecule has 0 saturated heterocycles. The Labute approximate surface area is 112 Å². The Hall–Kier alpha value is -1.29. The number of aromatic nitrogens is 2. The van der Waals surface area contributed by atoms with Crippen LogP contribution in [0.4, 0.5) is 0 Å². The summed E-state index contributed by atoms with van der Waals surface area (Å²) in [7, 11) is -3.12. The van der Waals surface area contributed by atoms with Crippen molar-refractivity contribution in [2.75, 3.05) is 13.2 Å². The second-order valence-corrected chi connectivity index (χ2v) is 6.02. The van der Waals surface area contributed by atoms with Gasteiger partial charge < -0.3 is 9.05 Å². The minimum Gasteiger partial charge on any atom is -0.304 e. The van der Waals surface area contributed by atoms with Crippen molar-refractivity contribution >= 4 is 18.5 Å². The molecular weight excluding hydrogens is 263 g/mol. The lowest BCUT2D eigenvalue weighted by atomic mass is 10.2. The predicted octanol–water partition coefficient (Wildman–Crippen LogP) is 2.75. The highest BCUT2D eigenvalue weighted by Gasteiger charge is 2.30. The minimum atomic E-state index is -3.12.